The highest BCUT2D eigenvalue weighted by Gasteiger charge is 2.08. The van der Waals surface area contributed by atoms with Crippen LogP contribution in [0.2, 0.25) is 0 Å². The normalized spacial score (nSPS) is 10.3. The summed E-state index contributed by atoms with van der Waals surface area (Å²) in [5.41, 5.74) is 11.0. The van der Waals surface area contributed by atoms with Gasteiger partial charge in [-0.2, -0.15) is 0 Å². The molecule has 0 radical (unpaired) electrons. The van der Waals surface area contributed by atoms with E-state index in [4.69, 9.17) is 18.0 Å². The first-order valence-electron chi connectivity index (χ1n) is 5.91. The highest BCUT2D eigenvalue weighted by molar-refractivity contribution is 9.10. The monoisotopic (exact) mass is 334 g/mol. The molecule has 0 aromatic heterocycles. The smallest absolute Gasteiger partial charge is 0.106 e. The standard InChI is InChI=1S/C15H15BrN2S/c1-9-7-11(16)8-10(2)14(9)18-13-6-4-3-5-12(13)15(17)19/h3-8,18H,1-2H3,(H2,17,19). The molecule has 2 aromatic rings. The summed E-state index contributed by atoms with van der Waals surface area (Å²) in [4.78, 5) is 0.399. The van der Waals surface area contributed by atoms with Crippen molar-refractivity contribution in [3.05, 3.63) is 57.6 Å². The van der Waals surface area contributed by atoms with Crippen LogP contribution >= 0.6 is 28.1 Å². The molecule has 0 heterocycles. The van der Waals surface area contributed by atoms with Crippen LogP contribution in [0.3, 0.4) is 0 Å². The molecule has 0 aliphatic carbocycles. The highest BCUT2D eigenvalue weighted by Crippen LogP contribution is 2.29. The summed E-state index contributed by atoms with van der Waals surface area (Å²) in [6.07, 6.45) is 0. The van der Waals surface area contributed by atoms with Crippen LogP contribution in [0, 0.1) is 13.8 Å². The molecule has 0 aliphatic heterocycles. The predicted molar refractivity (Wildman–Crippen MR) is 89.2 cm³/mol. The van der Waals surface area contributed by atoms with Crippen molar-refractivity contribution in [1.82, 2.24) is 0 Å². The molecular formula is C15H15BrN2S. The topological polar surface area (TPSA) is 38.0 Å². The Labute approximate surface area is 127 Å². The van der Waals surface area contributed by atoms with Crippen molar-refractivity contribution >= 4 is 44.5 Å². The summed E-state index contributed by atoms with van der Waals surface area (Å²) >= 11 is 8.58. The summed E-state index contributed by atoms with van der Waals surface area (Å²) < 4.78 is 1.08. The molecule has 0 fully saturated rings. The van der Waals surface area contributed by atoms with Gasteiger partial charge in [0.1, 0.15) is 4.99 Å². The van der Waals surface area contributed by atoms with Gasteiger partial charge >= 0.3 is 0 Å². The maximum absolute atomic E-state index is 5.75. The van der Waals surface area contributed by atoms with Crippen LogP contribution in [-0.4, -0.2) is 4.99 Å². The number of benzene rings is 2. The third-order valence-electron chi connectivity index (χ3n) is 2.95. The number of para-hydroxylation sites is 1. The fraction of sp³-hybridized carbons (Fsp3) is 0.133. The number of hydrogen-bond acceptors (Lipinski definition) is 2. The van der Waals surface area contributed by atoms with Crippen molar-refractivity contribution in [2.75, 3.05) is 5.32 Å². The van der Waals surface area contributed by atoms with E-state index < -0.39 is 0 Å². The van der Waals surface area contributed by atoms with E-state index in [1.54, 1.807) is 0 Å². The average Bonchev–Trinajstić information content (AvgIpc) is 2.34. The number of halogens is 1. The summed E-state index contributed by atoms with van der Waals surface area (Å²) in [6, 6.07) is 12.0. The van der Waals surface area contributed by atoms with Gasteiger partial charge < -0.3 is 11.1 Å². The van der Waals surface area contributed by atoms with Gasteiger partial charge in [0.2, 0.25) is 0 Å². The highest BCUT2D eigenvalue weighted by atomic mass is 79.9. The number of thiocarbonyl (C=S) groups is 1. The molecule has 19 heavy (non-hydrogen) atoms. The molecule has 0 bridgehead atoms. The number of aryl methyl sites for hydroxylation is 2. The lowest BCUT2D eigenvalue weighted by molar-refractivity contribution is 1.34. The van der Waals surface area contributed by atoms with Gasteiger partial charge in [0.05, 0.1) is 0 Å². The van der Waals surface area contributed by atoms with E-state index in [1.807, 2.05) is 24.3 Å². The number of nitrogens with two attached hydrogens (primary N) is 1. The Morgan fingerprint density at radius 3 is 2.32 bits per heavy atom. The van der Waals surface area contributed by atoms with Gasteiger partial charge in [-0.05, 0) is 49.2 Å². The summed E-state index contributed by atoms with van der Waals surface area (Å²) in [6.45, 7) is 4.15. The van der Waals surface area contributed by atoms with Gasteiger partial charge in [0, 0.05) is 21.4 Å². The summed E-state index contributed by atoms with van der Waals surface area (Å²) in [7, 11) is 0. The predicted octanol–water partition coefficient (Wildman–Crippen LogP) is 4.44. The van der Waals surface area contributed by atoms with Crippen LogP contribution in [0.5, 0.6) is 0 Å². The number of anilines is 2. The molecule has 4 heteroatoms. The first kappa shape index (κ1) is 14.0. The van der Waals surface area contributed by atoms with Crippen LogP contribution < -0.4 is 11.1 Å². The van der Waals surface area contributed by atoms with Crippen molar-refractivity contribution in [3.8, 4) is 0 Å². The first-order chi connectivity index (χ1) is 8.99. The minimum absolute atomic E-state index is 0.399. The second kappa shape index (κ2) is 5.72. The Hall–Kier alpha value is -1.39. The second-order valence-corrected chi connectivity index (χ2v) is 5.80. The van der Waals surface area contributed by atoms with Crippen molar-refractivity contribution < 1.29 is 0 Å². The average molecular weight is 335 g/mol. The van der Waals surface area contributed by atoms with E-state index in [1.165, 1.54) is 11.1 Å². The van der Waals surface area contributed by atoms with Crippen molar-refractivity contribution in [2.45, 2.75) is 13.8 Å². The maximum Gasteiger partial charge on any atom is 0.106 e. The molecule has 2 aromatic carbocycles. The molecule has 0 spiro atoms. The van der Waals surface area contributed by atoms with E-state index >= 15 is 0 Å². The number of hydrogen-bond donors (Lipinski definition) is 2. The first-order valence-corrected chi connectivity index (χ1v) is 7.12. The number of nitrogens with one attached hydrogen (secondary N) is 1. The molecular weight excluding hydrogens is 320 g/mol. The Morgan fingerprint density at radius 2 is 1.74 bits per heavy atom. The molecule has 0 unspecified atom stereocenters. The maximum atomic E-state index is 5.75. The van der Waals surface area contributed by atoms with Gasteiger partial charge in [0.15, 0.2) is 0 Å². The second-order valence-electron chi connectivity index (χ2n) is 4.45. The Balaban J connectivity index is 2.45. The Morgan fingerprint density at radius 1 is 1.16 bits per heavy atom. The molecule has 2 rings (SSSR count). The Kier molecular flexibility index (Phi) is 4.22. The van der Waals surface area contributed by atoms with Gasteiger partial charge in [0.25, 0.3) is 0 Å². The van der Waals surface area contributed by atoms with Gasteiger partial charge in [-0.3, -0.25) is 0 Å². The van der Waals surface area contributed by atoms with E-state index in [9.17, 15) is 0 Å². The molecule has 0 amide bonds. The van der Waals surface area contributed by atoms with E-state index in [2.05, 4.69) is 47.2 Å². The molecule has 2 nitrogen and oxygen atoms in total. The minimum atomic E-state index is 0.399. The molecule has 3 N–H and O–H groups in total. The third kappa shape index (κ3) is 3.14. The molecule has 98 valence electrons. The zero-order valence-corrected chi connectivity index (χ0v) is 13.2. The van der Waals surface area contributed by atoms with E-state index in [0.29, 0.717) is 4.99 Å². The van der Waals surface area contributed by atoms with Gasteiger partial charge in [-0.1, -0.05) is 40.3 Å². The number of rotatable bonds is 3. The molecule has 0 aliphatic rings. The van der Waals surface area contributed by atoms with Crippen LogP contribution in [0.25, 0.3) is 0 Å². The lowest BCUT2D eigenvalue weighted by Gasteiger charge is -2.16. The summed E-state index contributed by atoms with van der Waals surface area (Å²) in [5, 5.41) is 3.43. The van der Waals surface area contributed by atoms with Crippen molar-refractivity contribution in [2.24, 2.45) is 5.73 Å². The Bertz CT molecular complexity index is 615. The third-order valence-corrected chi connectivity index (χ3v) is 3.63. The van der Waals surface area contributed by atoms with Crippen LogP contribution in [0.15, 0.2) is 40.9 Å². The quantitative estimate of drug-likeness (QED) is 0.814. The van der Waals surface area contributed by atoms with Crippen LogP contribution in [-0.2, 0) is 0 Å². The van der Waals surface area contributed by atoms with Crippen LogP contribution in [0.4, 0.5) is 11.4 Å². The van der Waals surface area contributed by atoms with Gasteiger partial charge in [-0.25, -0.2) is 0 Å². The van der Waals surface area contributed by atoms with Crippen molar-refractivity contribution in [3.63, 3.8) is 0 Å². The van der Waals surface area contributed by atoms with Gasteiger partial charge in [-0.15, -0.1) is 0 Å². The lowest BCUT2D eigenvalue weighted by atomic mass is 10.1. The minimum Gasteiger partial charge on any atom is -0.389 e. The molecule has 0 saturated heterocycles. The van der Waals surface area contributed by atoms with E-state index in [0.717, 1.165) is 21.4 Å². The van der Waals surface area contributed by atoms with Crippen LogP contribution in [0.1, 0.15) is 16.7 Å². The SMILES string of the molecule is Cc1cc(Br)cc(C)c1Nc1ccccc1C(N)=S. The zero-order valence-electron chi connectivity index (χ0n) is 10.8. The fourth-order valence-corrected chi connectivity index (χ4v) is 2.91. The largest absolute Gasteiger partial charge is 0.389 e. The molecule has 0 saturated carbocycles. The zero-order chi connectivity index (χ0) is 14.0. The van der Waals surface area contributed by atoms with Crippen molar-refractivity contribution in [1.29, 1.82) is 0 Å². The molecule has 0 atom stereocenters. The summed E-state index contributed by atoms with van der Waals surface area (Å²) in [5.74, 6) is 0. The van der Waals surface area contributed by atoms with E-state index in [-0.39, 0.29) is 0 Å². The lowest BCUT2D eigenvalue weighted by Crippen LogP contribution is -2.12. The fourth-order valence-electron chi connectivity index (χ4n) is 2.05.